The number of ether oxygens (including phenoxy) is 3. The average molecular weight is 499 g/mol. The third-order valence-electron chi connectivity index (χ3n) is 5.56. The van der Waals surface area contributed by atoms with Gasteiger partial charge in [-0.05, 0) is 48.5 Å². The van der Waals surface area contributed by atoms with Crippen LogP contribution in [0.15, 0.2) is 15.8 Å². The molecule has 0 aliphatic carbocycles. The highest BCUT2D eigenvalue weighted by Gasteiger charge is 2.56. The van der Waals surface area contributed by atoms with Crippen molar-refractivity contribution < 1.29 is 23.3 Å². The number of H-pyrrole nitrogens is 1. The fourth-order valence-electron chi connectivity index (χ4n) is 4.24. The maximum absolute atomic E-state index is 12.5. The number of nitrogens with one attached hydrogen (secondary N) is 1. The van der Waals surface area contributed by atoms with Gasteiger partial charge in [0.25, 0.3) is 14.1 Å². The molecule has 0 bridgehead atoms. The van der Waals surface area contributed by atoms with Crippen LogP contribution >= 0.6 is 8.53 Å². The van der Waals surface area contributed by atoms with Gasteiger partial charge in [-0.2, -0.15) is 5.26 Å². The maximum atomic E-state index is 12.5. The Morgan fingerprint density at radius 2 is 1.85 bits per heavy atom. The zero-order chi connectivity index (χ0) is 25.2. The molecule has 5 atom stereocenters. The van der Waals surface area contributed by atoms with Gasteiger partial charge in [-0.3, -0.25) is 14.3 Å². The van der Waals surface area contributed by atoms with Crippen LogP contribution in [0.2, 0.25) is 0 Å². The second-order valence-corrected chi connectivity index (χ2v) is 10.9. The van der Waals surface area contributed by atoms with Gasteiger partial charge in [0.05, 0.1) is 25.7 Å². The minimum atomic E-state index is -1.47. The van der Waals surface area contributed by atoms with Crippen molar-refractivity contribution >= 4 is 8.53 Å². The van der Waals surface area contributed by atoms with Crippen LogP contribution in [0.5, 0.6) is 0 Å². The van der Waals surface area contributed by atoms with E-state index in [1.807, 2.05) is 0 Å². The van der Waals surface area contributed by atoms with Crippen LogP contribution in [0, 0.1) is 18.3 Å². The SMILES string of the molecule is Cc1cn([C@@H]2OC(COP(OCCC#N)N(C(C)C)C(C)C)C3OC(C)(C)OC32)c(=O)[nH]c1=O. The molecule has 1 aromatic rings. The summed E-state index contributed by atoms with van der Waals surface area (Å²) >= 11 is 0. The third-order valence-corrected chi connectivity index (χ3v) is 7.63. The quantitative estimate of drug-likeness (QED) is 0.382. The van der Waals surface area contributed by atoms with Crippen LogP contribution in [-0.2, 0) is 23.3 Å². The molecule has 2 saturated heterocycles. The van der Waals surface area contributed by atoms with E-state index in [2.05, 4.69) is 43.4 Å². The Morgan fingerprint density at radius 3 is 2.47 bits per heavy atom. The van der Waals surface area contributed by atoms with Crippen molar-refractivity contribution in [3.63, 3.8) is 0 Å². The molecule has 2 aliphatic heterocycles. The maximum Gasteiger partial charge on any atom is 0.330 e. The molecule has 0 spiro atoms. The Kier molecular flexibility index (Phi) is 8.69. The molecule has 4 unspecified atom stereocenters. The molecule has 3 rings (SSSR count). The van der Waals surface area contributed by atoms with E-state index in [0.29, 0.717) is 5.56 Å². The normalized spacial score (nSPS) is 26.9. The van der Waals surface area contributed by atoms with Crippen molar-refractivity contribution in [3.05, 3.63) is 32.6 Å². The van der Waals surface area contributed by atoms with Crippen LogP contribution in [0.1, 0.15) is 59.8 Å². The number of hydrogen-bond acceptors (Lipinski definition) is 9. The van der Waals surface area contributed by atoms with Crippen molar-refractivity contribution in [3.8, 4) is 6.07 Å². The Labute approximate surface area is 200 Å². The van der Waals surface area contributed by atoms with Gasteiger partial charge < -0.3 is 23.3 Å². The molecule has 11 nitrogen and oxygen atoms in total. The van der Waals surface area contributed by atoms with Crippen molar-refractivity contribution in [1.29, 1.82) is 5.26 Å². The minimum absolute atomic E-state index is 0.141. The van der Waals surface area contributed by atoms with Crippen molar-refractivity contribution in [2.24, 2.45) is 0 Å². The molecule has 0 amide bonds. The van der Waals surface area contributed by atoms with Gasteiger partial charge in [-0.25, -0.2) is 9.46 Å². The van der Waals surface area contributed by atoms with Gasteiger partial charge in [0.2, 0.25) is 0 Å². The zero-order valence-corrected chi connectivity index (χ0v) is 21.7. The number of fused-ring (bicyclic) bond motifs is 1. The second-order valence-electron chi connectivity index (χ2n) is 9.45. The summed E-state index contributed by atoms with van der Waals surface area (Å²) in [6.07, 6.45) is -0.649. The van der Waals surface area contributed by atoms with Crippen molar-refractivity contribution in [1.82, 2.24) is 14.2 Å². The van der Waals surface area contributed by atoms with Gasteiger partial charge in [0.1, 0.15) is 18.3 Å². The summed E-state index contributed by atoms with van der Waals surface area (Å²) in [5.74, 6) is -0.869. The lowest BCUT2D eigenvalue weighted by Gasteiger charge is -2.36. The molecule has 0 aromatic carbocycles. The summed E-state index contributed by atoms with van der Waals surface area (Å²) in [7, 11) is -1.47. The molecule has 0 saturated carbocycles. The topological polar surface area (TPSA) is 128 Å². The first-order chi connectivity index (χ1) is 15.9. The van der Waals surface area contributed by atoms with E-state index in [0.717, 1.165) is 0 Å². The van der Waals surface area contributed by atoms with Crippen molar-refractivity contribution in [2.75, 3.05) is 13.2 Å². The van der Waals surface area contributed by atoms with E-state index in [-0.39, 0.29) is 31.7 Å². The second kappa shape index (κ2) is 11.0. The first-order valence-corrected chi connectivity index (χ1v) is 12.6. The van der Waals surface area contributed by atoms with Crippen LogP contribution in [0.25, 0.3) is 0 Å². The molecule has 2 aliphatic rings. The lowest BCUT2D eigenvalue weighted by molar-refractivity contribution is -0.200. The number of nitrogens with zero attached hydrogens (tertiary/aromatic N) is 3. The molecular weight excluding hydrogens is 463 g/mol. The Bertz CT molecular complexity index is 994. The standard InChI is InChI=1S/C22H35N4O7P/c1-13(2)26(14(3)4)34(29-10-8-9-23)30-12-16-17-18(33-22(6,7)32-17)20(31-16)25-11-15(5)19(27)24-21(25)28/h11,13-14,16-18,20H,8,10,12H2,1-7H3,(H,24,27,28)/t16?,17?,18?,20-,34?/m1/s1. The molecule has 34 heavy (non-hydrogen) atoms. The summed E-state index contributed by atoms with van der Waals surface area (Å²) in [6, 6.07) is 2.40. The molecule has 190 valence electrons. The fraction of sp³-hybridized carbons (Fsp3) is 0.773. The van der Waals surface area contributed by atoms with Crippen LogP contribution < -0.4 is 11.2 Å². The van der Waals surface area contributed by atoms with E-state index in [4.69, 9.17) is 28.5 Å². The van der Waals surface area contributed by atoms with Crippen LogP contribution in [-0.4, -0.2) is 63.6 Å². The summed E-state index contributed by atoms with van der Waals surface area (Å²) < 4.78 is 34.1. The Hall–Kier alpha value is -1.64. The predicted molar refractivity (Wildman–Crippen MR) is 125 cm³/mol. The lowest BCUT2D eigenvalue weighted by atomic mass is 10.1. The van der Waals surface area contributed by atoms with Crippen LogP contribution in [0.3, 0.4) is 0 Å². The van der Waals surface area contributed by atoms with E-state index >= 15 is 0 Å². The number of nitriles is 1. The smallest absolute Gasteiger partial charge is 0.330 e. The molecular formula is C22H35N4O7P. The molecule has 12 heteroatoms. The molecule has 2 fully saturated rings. The van der Waals surface area contributed by atoms with Gasteiger partial charge >= 0.3 is 5.69 Å². The number of aromatic amines is 1. The predicted octanol–water partition coefficient (Wildman–Crippen LogP) is 2.56. The number of aromatic nitrogens is 2. The zero-order valence-electron chi connectivity index (χ0n) is 20.8. The average Bonchev–Trinajstić information content (AvgIpc) is 3.21. The number of rotatable bonds is 10. The molecule has 0 radical (unpaired) electrons. The van der Waals surface area contributed by atoms with E-state index in [9.17, 15) is 9.59 Å². The molecule has 1 N–H and O–H groups in total. The first-order valence-electron chi connectivity index (χ1n) is 11.5. The largest absolute Gasteiger partial charge is 0.346 e. The van der Waals surface area contributed by atoms with Crippen LogP contribution in [0.4, 0.5) is 0 Å². The van der Waals surface area contributed by atoms with E-state index < -0.39 is 50.1 Å². The number of aryl methyl sites for hydroxylation is 1. The van der Waals surface area contributed by atoms with Crippen molar-refractivity contribution in [2.45, 2.75) is 97.3 Å². The van der Waals surface area contributed by atoms with Gasteiger partial charge in [0.15, 0.2) is 12.0 Å². The monoisotopic (exact) mass is 498 g/mol. The Morgan fingerprint density at radius 1 is 1.21 bits per heavy atom. The third kappa shape index (κ3) is 5.94. The summed E-state index contributed by atoms with van der Waals surface area (Å²) in [5.41, 5.74) is -0.638. The summed E-state index contributed by atoms with van der Waals surface area (Å²) in [6.45, 7) is 13.9. The first kappa shape index (κ1) is 27.0. The van der Waals surface area contributed by atoms with E-state index in [1.165, 1.54) is 10.8 Å². The highest BCUT2D eigenvalue weighted by Crippen LogP contribution is 2.48. The van der Waals surface area contributed by atoms with E-state index in [1.54, 1.807) is 20.8 Å². The number of hydrogen-bond donors (Lipinski definition) is 1. The minimum Gasteiger partial charge on any atom is -0.346 e. The highest BCUT2D eigenvalue weighted by atomic mass is 31.2. The highest BCUT2D eigenvalue weighted by molar-refractivity contribution is 7.44. The molecule has 1 aromatic heterocycles. The summed E-state index contributed by atoms with van der Waals surface area (Å²) in [5, 5.41) is 8.91. The van der Waals surface area contributed by atoms with Gasteiger partial charge in [0, 0.05) is 23.8 Å². The molecule has 3 heterocycles. The summed E-state index contributed by atoms with van der Waals surface area (Å²) in [4.78, 5) is 26.7. The van der Waals surface area contributed by atoms with Gasteiger partial charge in [-0.15, -0.1) is 0 Å². The lowest BCUT2D eigenvalue weighted by Crippen LogP contribution is -2.38. The van der Waals surface area contributed by atoms with Gasteiger partial charge in [-0.1, -0.05) is 0 Å². The fourth-order valence-corrected chi connectivity index (χ4v) is 5.86. The Balaban J connectivity index is 1.82.